The van der Waals surface area contributed by atoms with E-state index in [4.69, 9.17) is 4.74 Å². The van der Waals surface area contributed by atoms with Gasteiger partial charge in [0.25, 0.3) is 0 Å². The summed E-state index contributed by atoms with van der Waals surface area (Å²) in [7, 11) is 0. The predicted molar refractivity (Wildman–Crippen MR) is 43.5 cm³/mol. The number of epoxide rings is 1. The molecule has 0 amide bonds. The van der Waals surface area contributed by atoms with Gasteiger partial charge in [0.15, 0.2) is 0 Å². The molecule has 1 heterocycles. The van der Waals surface area contributed by atoms with Gasteiger partial charge in [-0.05, 0) is 6.92 Å². The topological polar surface area (TPSA) is 12.5 Å². The van der Waals surface area contributed by atoms with E-state index in [0.29, 0.717) is 6.10 Å². The molecule has 1 aliphatic heterocycles. The summed E-state index contributed by atoms with van der Waals surface area (Å²) in [6.07, 6.45) is 0.583. The maximum atomic E-state index is 4.71. The molecule has 1 nitrogen and oxygen atoms in total. The van der Waals surface area contributed by atoms with Crippen LogP contribution in [-0.4, -0.2) is 12.7 Å². The summed E-state index contributed by atoms with van der Waals surface area (Å²) in [5.74, 6) is 0. The van der Waals surface area contributed by atoms with E-state index in [1.807, 2.05) is 0 Å². The van der Waals surface area contributed by atoms with Gasteiger partial charge in [-0.1, -0.05) is 0 Å². The van der Waals surface area contributed by atoms with Crippen molar-refractivity contribution in [1.29, 1.82) is 0 Å². The van der Waals surface area contributed by atoms with Gasteiger partial charge in [0.05, 0.1) is 12.7 Å². The third-order valence-electron chi connectivity index (χ3n) is 0.500. The maximum absolute atomic E-state index is 4.71. The number of hydrogen-bond donors (Lipinski definition) is 0. The zero-order valence-electron chi connectivity index (χ0n) is 3.45. The first-order chi connectivity index (χ1) is 2.89. The van der Waals surface area contributed by atoms with Crippen LogP contribution in [0.25, 0.3) is 0 Å². The standard InChI is InChI=1S/C3H6O.I2/c1-3-2-4-3;1-2/h3H,2H2,1H3;. The molecule has 0 bridgehead atoms. The molecule has 1 aliphatic rings. The van der Waals surface area contributed by atoms with Gasteiger partial charge in [0.2, 0.25) is 0 Å². The van der Waals surface area contributed by atoms with E-state index >= 15 is 0 Å². The Morgan fingerprint density at radius 1 is 1.67 bits per heavy atom. The Balaban J connectivity index is 0.000000112. The van der Waals surface area contributed by atoms with E-state index in [1.165, 1.54) is 0 Å². The summed E-state index contributed by atoms with van der Waals surface area (Å²) in [5.41, 5.74) is 0. The van der Waals surface area contributed by atoms with Crippen molar-refractivity contribution in [3.8, 4) is 0 Å². The lowest BCUT2D eigenvalue weighted by Gasteiger charge is -1.50. The summed E-state index contributed by atoms with van der Waals surface area (Å²) < 4.78 is 4.71. The third-order valence-corrected chi connectivity index (χ3v) is 0.500. The van der Waals surface area contributed by atoms with Crippen molar-refractivity contribution in [1.82, 2.24) is 0 Å². The lowest BCUT2D eigenvalue weighted by Crippen LogP contribution is -1.60. The molecule has 0 saturated carbocycles. The van der Waals surface area contributed by atoms with Gasteiger partial charge < -0.3 is 4.74 Å². The van der Waals surface area contributed by atoms with E-state index in [9.17, 15) is 0 Å². The quantitative estimate of drug-likeness (QED) is 0.493. The highest BCUT2D eigenvalue weighted by molar-refractivity contribution is 15.0. The van der Waals surface area contributed by atoms with Crippen LogP contribution >= 0.6 is 37.2 Å². The fourth-order valence-corrected chi connectivity index (χ4v) is 0.0962. The molecule has 0 aromatic rings. The van der Waals surface area contributed by atoms with Crippen LogP contribution in [0.5, 0.6) is 0 Å². The SMILES string of the molecule is CC1CO1.II. The van der Waals surface area contributed by atoms with Gasteiger partial charge in [0, 0.05) is 37.2 Å². The van der Waals surface area contributed by atoms with Gasteiger partial charge in [-0.2, -0.15) is 0 Å². The molecule has 3 heteroatoms. The molecule has 6 heavy (non-hydrogen) atoms. The number of halogens is 2. The molecule has 0 N–H and O–H groups in total. The highest BCUT2D eigenvalue weighted by Gasteiger charge is 2.13. The van der Waals surface area contributed by atoms with Crippen LogP contribution < -0.4 is 0 Å². The Labute approximate surface area is 61.1 Å². The van der Waals surface area contributed by atoms with Crippen LogP contribution in [0, 0.1) is 0 Å². The largest absolute Gasteiger partial charge is 0.373 e. The average molecular weight is 312 g/mol. The van der Waals surface area contributed by atoms with Crippen LogP contribution in [0.3, 0.4) is 0 Å². The minimum atomic E-state index is 0.583. The summed E-state index contributed by atoms with van der Waals surface area (Å²) in [6, 6.07) is 0. The normalized spacial score (nSPS) is 27.5. The van der Waals surface area contributed by atoms with E-state index in [1.54, 1.807) is 0 Å². The maximum Gasteiger partial charge on any atom is 0.0781 e. The molecule has 1 saturated heterocycles. The van der Waals surface area contributed by atoms with E-state index in [0.717, 1.165) is 6.61 Å². The Morgan fingerprint density at radius 2 is 1.83 bits per heavy atom. The van der Waals surface area contributed by atoms with Gasteiger partial charge >= 0.3 is 0 Å². The lowest BCUT2D eigenvalue weighted by atomic mass is 10.6. The molecule has 1 atom stereocenters. The molecule has 38 valence electrons. The Kier molecular flexibility index (Phi) is 5.66. The number of hydrogen-bond acceptors (Lipinski definition) is 1. The second-order valence-electron chi connectivity index (χ2n) is 1.14. The van der Waals surface area contributed by atoms with Crippen LogP contribution in [0.15, 0.2) is 0 Å². The molecule has 0 aliphatic carbocycles. The van der Waals surface area contributed by atoms with Gasteiger partial charge in [-0.25, -0.2) is 0 Å². The number of rotatable bonds is 0. The molecular formula is C3H6I2O. The smallest absolute Gasteiger partial charge is 0.0781 e. The van der Waals surface area contributed by atoms with Crippen molar-refractivity contribution in [3.05, 3.63) is 0 Å². The summed E-state index contributed by atoms with van der Waals surface area (Å²) in [6.45, 7) is 3.04. The van der Waals surface area contributed by atoms with Crippen molar-refractivity contribution in [3.63, 3.8) is 0 Å². The van der Waals surface area contributed by atoms with E-state index < -0.39 is 0 Å². The molecular weight excluding hydrogens is 306 g/mol. The summed E-state index contributed by atoms with van der Waals surface area (Å²) in [4.78, 5) is 0. The highest BCUT2D eigenvalue weighted by atomic mass is 128. The lowest BCUT2D eigenvalue weighted by molar-refractivity contribution is 0.423. The Hall–Kier alpha value is 1.42. The third kappa shape index (κ3) is 5.42. The molecule has 0 aromatic carbocycles. The first-order valence-electron chi connectivity index (χ1n) is 1.65. The minimum Gasteiger partial charge on any atom is -0.373 e. The zero-order valence-corrected chi connectivity index (χ0v) is 7.76. The first kappa shape index (κ1) is 7.42. The van der Waals surface area contributed by atoms with E-state index in [-0.39, 0.29) is 0 Å². The summed E-state index contributed by atoms with van der Waals surface area (Å²) >= 11 is 4.24. The van der Waals surface area contributed by atoms with Crippen molar-refractivity contribution in [2.45, 2.75) is 13.0 Å². The van der Waals surface area contributed by atoms with Crippen LogP contribution in [-0.2, 0) is 4.74 Å². The van der Waals surface area contributed by atoms with E-state index in [2.05, 4.69) is 44.2 Å². The summed E-state index contributed by atoms with van der Waals surface area (Å²) in [5, 5.41) is 0. The van der Waals surface area contributed by atoms with Crippen molar-refractivity contribution < 1.29 is 4.74 Å². The second-order valence-corrected chi connectivity index (χ2v) is 1.14. The van der Waals surface area contributed by atoms with Crippen molar-refractivity contribution in [2.75, 3.05) is 6.61 Å². The molecule has 1 unspecified atom stereocenters. The fraction of sp³-hybridized carbons (Fsp3) is 1.00. The van der Waals surface area contributed by atoms with Crippen LogP contribution in [0.4, 0.5) is 0 Å². The number of ether oxygens (including phenoxy) is 1. The Bertz CT molecular complexity index is 28.0. The second kappa shape index (κ2) is 4.58. The molecule has 1 fully saturated rings. The average Bonchev–Trinajstić information content (AvgIpc) is 2.30. The van der Waals surface area contributed by atoms with Crippen molar-refractivity contribution in [2.24, 2.45) is 0 Å². The van der Waals surface area contributed by atoms with Crippen LogP contribution in [0.2, 0.25) is 0 Å². The fourth-order valence-electron chi connectivity index (χ4n) is 0.0962. The predicted octanol–water partition coefficient (Wildman–Crippen LogP) is 2.18. The van der Waals surface area contributed by atoms with Gasteiger partial charge in [-0.3, -0.25) is 0 Å². The minimum absolute atomic E-state index is 0.583. The monoisotopic (exact) mass is 312 g/mol. The molecule has 0 radical (unpaired) electrons. The molecule has 0 aromatic heterocycles. The first-order valence-corrected chi connectivity index (χ1v) is 7.94. The van der Waals surface area contributed by atoms with Crippen molar-refractivity contribution >= 4 is 37.2 Å². The van der Waals surface area contributed by atoms with Gasteiger partial charge in [0.1, 0.15) is 0 Å². The van der Waals surface area contributed by atoms with Gasteiger partial charge in [-0.15, -0.1) is 0 Å². The van der Waals surface area contributed by atoms with Crippen LogP contribution in [0.1, 0.15) is 6.92 Å². The molecule has 1 rings (SSSR count). The zero-order chi connectivity index (χ0) is 4.99. The highest BCUT2D eigenvalue weighted by Crippen LogP contribution is 2.04. The Morgan fingerprint density at radius 3 is 1.83 bits per heavy atom. The molecule has 0 spiro atoms.